The van der Waals surface area contributed by atoms with Gasteiger partial charge in [-0.05, 0) is 32.4 Å². The van der Waals surface area contributed by atoms with E-state index in [0.29, 0.717) is 5.75 Å². The molecule has 1 aromatic rings. The zero-order valence-electron chi connectivity index (χ0n) is 9.17. The van der Waals surface area contributed by atoms with Gasteiger partial charge in [0.05, 0.1) is 5.69 Å². The summed E-state index contributed by atoms with van der Waals surface area (Å²) < 4.78 is 0. The lowest BCUT2D eigenvalue weighted by Gasteiger charge is -2.27. The molecule has 78 valence electrons. The number of anilines is 1. The summed E-state index contributed by atoms with van der Waals surface area (Å²) in [5.41, 5.74) is 0.846. The number of phenols is 1. The summed E-state index contributed by atoms with van der Waals surface area (Å²) in [6, 6.07) is 7.34. The van der Waals surface area contributed by atoms with E-state index in [-0.39, 0.29) is 5.54 Å². The maximum Gasteiger partial charge on any atom is 0.138 e. The Labute approximate surface area is 86.0 Å². The standard InChI is InChI=1S/C12H19NO/c1-4-9-12(2,3)13-10-7-5-6-8-11(10)14/h5-8,13-14H,4,9H2,1-3H3. The first-order chi connectivity index (χ1) is 6.55. The minimum Gasteiger partial charge on any atom is -0.506 e. The Morgan fingerprint density at radius 1 is 1.29 bits per heavy atom. The highest BCUT2D eigenvalue weighted by Gasteiger charge is 2.16. The van der Waals surface area contributed by atoms with Crippen LogP contribution in [0.5, 0.6) is 5.75 Å². The highest BCUT2D eigenvalue weighted by atomic mass is 16.3. The van der Waals surface area contributed by atoms with Gasteiger partial charge in [0.2, 0.25) is 0 Å². The van der Waals surface area contributed by atoms with Crippen LogP contribution < -0.4 is 5.32 Å². The van der Waals surface area contributed by atoms with Gasteiger partial charge in [-0.25, -0.2) is 0 Å². The van der Waals surface area contributed by atoms with Crippen molar-refractivity contribution in [1.29, 1.82) is 0 Å². The van der Waals surface area contributed by atoms with Crippen LogP contribution in [0.25, 0.3) is 0 Å². The van der Waals surface area contributed by atoms with E-state index in [1.165, 1.54) is 0 Å². The molecular weight excluding hydrogens is 174 g/mol. The van der Waals surface area contributed by atoms with Crippen LogP contribution in [0.15, 0.2) is 24.3 Å². The zero-order valence-corrected chi connectivity index (χ0v) is 9.17. The van der Waals surface area contributed by atoms with Crippen molar-refractivity contribution in [3.8, 4) is 5.75 Å². The third-order valence-corrected chi connectivity index (χ3v) is 2.25. The highest BCUT2D eigenvalue weighted by molar-refractivity contribution is 5.56. The van der Waals surface area contributed by atoms with Crippen LogP contribution in [0.2, 0.25) is 0 Å². The number of nitrogens with one attached hydrogen (secondary N) is 1. The maximum atomic E-state index is 9.58. The van der Waals surface area contributed by atoms with Gasteiger partial charge in [0, 0.05) is 5.54 Å². The largest absolute Gasteiger partial charge is 0.506 e. The van der Waals surface area contributed by atoms with Crippen LogP contribution in [-0.2, 0) is 0 Å². The number of aromatic hydroxyl groups is 1. The Balaban J connectivity index is 2.73. The Hall–Kier alpha value is -1.18. The molecule has 2 heteroatoms. The van der Waals surface area contributed by atoms with Crippen molar-refractivity contribution in [2.75, 3.05) is 5.32 Å². The molecule has 0 aliphatic heterocycles. The fourth-order valence-corrected chi connectivity index (χ4v) is 1.63. The van der Waals surface area contributed by atoms with Crippen LogP contribution >= 0.6 is 0 Å². The minimum absolute atomic E-state index is 0.0353. The molecule has 0 amide bonds. The molecule has 0 aliphatic rings. The minimum atomic E-state index is 0.0353. The lowest BCUT2D eigenvalue weighted by atomic mass is 9.98. The van der Waals surface area contributed by atoms with Crippen LogP contribution in [0.3, 0.4) is 0 Å². The summed E-state index contributed by atoms with van der Waals surface area (Å²) in [5.74, 6) is 0.316. The summed E-state index contributed by atoms with van der Waals surface area (Å²) in [5, 5.41) is 12.9. The quantitative estimate of drug-likeness (QED) is 0.718. The molecule has 2 nitrogen and oxygen atoms in total. The third kappa shape index (κ3) is 2.95. The highest BCUT2D eigenvalue weighted by Crippen LogP contribution is 2.26. The molecule has 1 rings (SSSR count). The summed E-state index contributed by atoms with van der Waals surface area (Å²) in [7, 11) is 0. The summed E-state index contributed by atoms with van der Waals surface area (Å²) >= 11 is 0. The molecule has 14 heavy (non-hydrogen) atoms. The number of para-hydroxylation sites is 2. The van der Waals surface area contributed by atoms with Gasteiger partial charge < -0.3 is 10.4 Å². The smallest absolute Gasteiger partial charge is 0.138 e. The lowest BCUT2D eigenvalue weighted by Crippen LogP contribution is -2.30. The van der Waals surface area contributed by atoms with Crippen molar-refractivity contribution < 1.29 is 5.11 Å². The predicted octanol–water partition coefficient (Wildman–Crippen LogP) is 3.38. The molecule has 2 N–H and O–H groups in total. The van der Waals surface area contributed by atoms with E-state index in [1.54, 1.807) is 6.07 Å². The van der Waals surface area contributed by atoms with Gasteiger partial charge in [0.25, 0.3) is 0 Å². The first-order valence-corrected chi connectivity index (χ1v) is 5.11. The predicted molar refractivity (Wildman–Crippen MR) is 60.7 cm³/mol. The van der Waals surface area contributed by atoms with Gasteiger partial charge in [-0.15, -0.1) is 0 Å². The second-order valence-corrected chi connectivity index (χ2v) is 4.28. The normalized spacial score (nSPS) is 11.4. The van der Waals surface area contributed by atoms with Crippen LogP contribution in [0, 0.1) is 0 Å². The summed E-state index contributed by atoms with van der Waals surface area (Å²) in [4.78, 5) is 0. The maximum absolute atomic E-state index is 9.58. The molecule has 0 unspecified atom stereocenters. The molecule has 0 bridgehead atoms. The second kappa shape index (κ2) is 4.36. The number of hydrogen-bond donors (Lipinski definition) is 2. The molecule has 0 spiro atoms. The number of phenolic OH excluding ortho intramolecular Hbond substituents is 1. The topological polar surface area (TPSA) is 32.3 Å². The first-order valence-electron chi connectivity index (χ1n) is 5.11. The number of rotatable bonds is 4. The van der Waals surface area contributed by atoms with E-state index in [1.807, 2.05) is 18.2 Å². The van der Waals surface area contributed by atoms with Crippen molar-refractivity contribution in [1.82, 2.24) is 0 Å². The molecule has 0 aromatic heterocycles. The lowest BCUT2D eigenvalue weighted by molar-refractivity contribution is 0.467. The van der Waals surface area contributed by atoms with E-state index < -0.39 is 0 Å². The molecule has 0 atom stereocenters. The van der Waals surface area contributed by atoms with Gasteiger partial charge in [-0.1, -0.05) is 25.5 Å². The molecule has 0 saturated carbocycles. The fourth-order valence-electron chi connectivity index (χ4n) is 1.63. The van der Waals surface area contributed by atoms with Crippen molar-refractivity contribution in [3.63, 3.8) is 0 Å². The van der Waals surface area contributed by atoms with Crippen LogP contribution in [0.4, 0.5) is 5.69 Å². The third-order valence-electron chi connectivity index (χ3n) is 2.25. The molecule has 0 saturated heterocycles. The van der Waals surface area contributed by atoms with Crippen molar-refractivity contribution >= 4 is 5.69 Å². The van der Waals surface area contributed by atoms with Crippen LogP contribution in [0.1, 0.15) is 33.6 Å². The second-order valence-electron chi connectivity index (χ2n) is 4.28. The van der Waals surface area contributed by atoms with E-state index in [4.69, 9.17) is 0 Å². The first kappa shape index (κ1) is 10.9. The van der Waals surface area contributed by atoms with E-state index in [9.17, 15) is 5.11 Å². The summed E-state index contributed by atoms with van der Waals surface area (Å²) in [6.07, 6.45) is 2.22. The SMILES string of the molecule is CCCC(C)(C)Nc1ccccc1O. The van der Waals surface area contributed by atoms with Crippen molar-refractivity contribution in [2.24, 2.45) is 0 Å². The number of benzene rings is 1. The van der Waals surface area contributed by atoms with E-state index >= 15 is 0 Å². The molecule has 0 radical (unpaired) electrons. The molecule has 0 fully saturated rings. The van der Waals surface area contributed by atoms with Gasteiger partial charge in [0.15, 0.2) is 0 Å². The molecule has 0 heterocycles. The molecule has 0 aliphatic carbocycles. The monoisotopic (exact) mass is 193 g/mol. The summed E-state index contributed by atoms with van der Waals surface area (Å²) in [6.45, 7) is 6.44. The van der Waals surface area contributed by atoms with E-state index in [2.05, 4.69) is 26.1 Å². The Bertz CT molecular complexity index is 294. The van der Waals surface area contributed by atoms with Gasteiger partial charge in [-0.3, -0.25) is 0 Å². The van der Waals surface area contributed by atoms with Gasteiger partial charge >= 0.3 is 0 Å². The van der Waals surface area contributed by atoms with Crippen LogP contribution in [-0.4, -0.2) is 10.6 Å². The molecule has 1 aromatic carbocycles. The Kier molecular flexibility index (Phi) is 3.39. The average Bonchev–Trinajstić information content (AvgIpc) is 2.08. The number of hydrogen-bond acceptors (Lipinski definition) is 2. The zero-order chi connectivity index (χ0) is 10.6. The Morgan fingerprint density at radius 2 is 1.93 bits per heavy atom. The Morgan fingerprint density at radius 3 is 2.50 bits per heavy atom. The van der Waals surface area contributed by atoms with Crippen molar-refractivity contribution in [2.45, 2.75) is 39.2 Å². The fraction of sp³-hybridized carbons (Fsp3) is 0.500. The van der Waals surface area contributed by atoms with E-state index in [0.717, 1.165) is 18.5 Å². The van der Waals surface area contributed by atoms with Crippen molar-refractivity contribution in [3.05, 3.63) is 24.3 Å². The average molecular weight is 193 g/mol. The van der Waals surface area contributed by atoms with Gasteiger partial charge in [0.1, 0.15) is 5.75 Å². The van der Waals surface area contributed by atoms with Gasteiger partial charge in [-0.2, -0.15) is 0 Å². The molecular formula is C12H19NO.